The first-order valence-electron chi connectivity index (χ1n) is 6.55. The van der Waals surface area contributed by atoms with E-state index in [4.69, 9.17) is 16.3 Å². The Hall–Kier alpha value is -0.290. The van der Waals surface area contributed by atoms with Gasteiger partial charge >= 0.3 is 0 Å². The largest absolute Gasteiger partial charge is 0.491 e. The van der Waals surface area contributed by atoms with E-state index in [1.807, 2.05) is 19.1 Å². The number of ether oxygens (including phenoxy) is 1. The van der Waals surface area contributed by atoms with Gasteiger partial charge in [-0.2, -0.15) is 0 Å². The summed E-state index contributed by atoms with van der Waals surface area (Å²) in [5.74, 6) is 0.901. The maximum atomic E-state index is 5.99. The molecule has 0 spiro atoms. The second-order valence-corrected chi connectivity index (χ2v) is 6.32. The van der Waals surface area contributed by atoms with Gasteiger partial charge in [0.1, 0.15) is 12.4 Å². The molecule has 1 heterocycles. The van der Waals surface area contributed by atoms with Crippen molar-refractivity contribution in [1.29, 1.82) is 0 Å². The predicted molar refractivity (Wildman–Crippen MR) is 83.3 cm³/mol. The lowest BCUT2D eigenvalue weighted by Crippen LogP contribution is -2.45. The van der Waals surface area contributed by atoms with E-state index in [0.717, 1.165) is 53.5 Å². The summed E-state index contributed by atoms with van der Waals surface area (Å²) in [5, 5.41) is 0.732. The van der Waals surface area contributed by atoms with Crippen LogP contribution in [-0.2, 0) is 0 Å². The molecule has 0 unspecified atom stereocenters. The maximum absolute atomic E-state index is 5.99. The molecule has 106 valence electrons. The number of halogens is 2. The lowest BCUT2D eigenvalue weighted by atomic mass is 10.2. The summed E-state index contributed by atoms with van der Waals surface area (Å²) in [4.78, 5) is 4.80. The molecule has 2 rings (SSSR count). The Morgan fingerprint density at radius 3 is 2.58 bits per heavy atom. The summed E-state index contributed by atoms with van der Waals surface area (Å²) in [6, 6.07) is 3.80. The predicted octanol–water partition coefficient (Wildman–Crippen LogP) is 3.04. The van der Waals surface area contributed by atoms with Gasteiger partial charge in [0, 0.05) is 37.7 Å². The molecule has 0 N–H and O–H groups in total. The van der Waals surface area contributed by atoms with Gasteiger partial charge in [0.15, 0.2) is 0 Å². The topological polar surface area (TPSA) is 15.7 Å². The number of hydrogen-bond donors (Lipinski definition) is 0. The van der Waals surface area contributed by atoms with Gasteiger partial charge < -0.3 is 9.64 Å². The van der Waals surface area contributed by atoms with E-state index in [-0.39, 0.29) is 0 Å². The van der Waals surface area contributed by atoms with Crippen molar-refractivity contribution in [3.05, 3.63) is 27.2 Å². The van der Waals surface area contributed by atoms with Crippen molar-refractivity contribution in [2.45, 2.75) is 6.92 Å². The number of aryl methyl sites for hydroxylation is 1. The fourth-order valence-corrected chi connectivity index (χ4v) is 3.30. The molecule has 0 aliphatic carbocycles. The SMILES string of the molecule is Cc1cc(Cl)cc(Br)c1OCCN1CCN(C)CC1. The van der Waals surface area contributed by atoms with Crippen LogP contribution in [-0.4, -0.2) is 56.2 Å². The molecular weight excluding hydrogens is 328 g/mol. The van der Waals surface area contributed by atoms with Gasteiger partial charge in [-0.3, -0.25) is 4.90 Å². The highest BCUT2D eigenvalue weighted by Crippen LogP contribution is 2.32. The van der Waals surface area contributed by atoms with Gasteiger partial charge in [-0.25, -0.2) is 0 Å². The molecule has 5 heteroatoms. The summed E-state index contributed by atoms with van der Waals surface area (Å²) in [7, 11) is 2.17. The van der Waals surface area contributed by atoms with Crippen LogP contribution >= 0.6 is 27.5 Å². The van der Waals surface area contributed by atoms with Crippen LogP contribution in [0.4, 0.5) is 0 Å². The number of likely N-dealkylation sites (N-methyl/N-ethyl adjacent to an activating group) is 1. The first-order valence-corrected chi connectivity index (χ1v) is 7.72. The van der Waals surface area contributed by atoms with Crippen LogP contribution < -0.4 is 4.74 Å². The molecule has 1 aliphatic heterocycles. The molecule has 1 aromatic rings. The number of hydrogen-bond acceptors (Lipinski definition) is 3. The van der Waals surface area contributed by atoms with Crippen molar-refractivity contribution < 1.29 is 4.74 Å². The second kappa shape index (κ2) is 6.93. The highest BCUT2D eigenvalue weighted by Gasteiger charge is 2.14. The van der Waals surface area contributed by atoms with E-state index in [1.54, 1.807) is 0 Å². The molecule has 1 saturated heterocycles. The van der Waals surface area contributed by atoms with Crippen molar-refractivity contribution in [1.82, 2.24) is 9.80 Å². The number of nitrogens with zero attached hydrogens (tertiary/aromatic N) is 2. The number of rotatable bonds is 4. The van der Waals surface area contributed by atoms with Crippen LogP contribution in [0.1, 0.15) is 5.56 Å². The Labute approximate surface area is 128 Å². The van der Waals surface area contributed by atoms with Crippen LogP contribution in [0.2, 0.25) is 5.02 Å². The lowest BCUT2D eigenvalue weighted by molar-refractivity contribution is 0.133. The fourth-order valence-electron chi connectivity index (χ4n) is 2.22. The molecule has 1 fully saturated rings. The highest BCUT2D eigenvalue weighted by atomic mass is 79.9. The molecule has 0 saturated carbocycles. The monoisotopic (exact) mass is 346 g/mol. The number of piperazine rings is 1. The lowest BCUT2D eigenvalue weighted by Gasteiger charge is -2.32. The zero-order chi connectivity index (χ0) is 13.8. The summed E-state index contributed by atoms with van der Waals surface area (Å²) in [5.41, 5.74) is 1.07. The zero-order valence-electron chi connectivity index (χ0n) is 11.5. The standard InChI is InChI=1S/C14H20BrClN2O/c1-11-9-12(16)10-13(15)14(11)19-8-7-18-5-3-17(2)4-6-18/h9-10H,3-8H2,1-2H3. The van der Waals surface area contributed by atoms with E-state index < -0.39 is 0 Å². The average Bonchev–Trinajstić information content (AvgIpc) is 2.34. The summed E-state index contributed by atoms with van der Waals surface area (Å²) in [6.45, 7) is 8.24. The fraction of sp³-hybridized carbons (Fsp3) is 0.571. The summed E-state index contributed by atoms with van der Waals surface area (Å²) >= 11 is 9.50. The van der Waals surface area contributed by atoms with Crippen molar-refractivity contribution in [2.75, 3.05) is 46.4 Å². The second-order valence-electron chi connectivity index (χ2n) is 5.03. The van der Waals surface area contributed by atoms with Gasteiger partial charge in [-0.1, -0.05) is 11.6 Å². The minimum absolute atomic E-state index is 0.713. The minimum Gasteiger partial charge on any atom is -0.491 e. The molecule has 1 aliphatic rings. The van der Waals surface area contributed by atoms with E-state index >= 15 is 0 Å². The normalized spacial score (nSPS) is 17.7. The molecule has 19 heavy (non-hydrogen) atoms. The van der Waals surface area contributed by atoms with Crippen LogP contribution in [0, 0.1) is 6.92 Å². The smallest absolute Gasteiger partial charge is 0.136 e. The van der Waals surface area contributed by atoms with Crippen LogP contribution in [0.15, 0.2) is 16.6 Å². The first-order chi connectivity index (χ1) is 9.06. The van der Waals surface area contributed by atoms with Gasteiger partial charge in [-0.05, 0) is 47.6 Å². The molecule has 0 amide bonds. The molecule has 0 aromatic heterocycles. The first kappa shape index (κ1) is 15.1. The van der Waals surface area contributed by atoms with Gasteiger partial charge in [-0.15, -0.1) is 0 Å². The molecule has 0 atom stereocenters. The Morgan fingerprint density at radius 1 is 1.26 bits per heavy atom. The quantitative estimate of drug-likeness (QED) is 0.832. The Kier molecular flexibility index (Phi) is 5.51. The third kappa shape index (κ3) is 4.35. The van der Waals surface area contributed by atoms with E-state index in [0.29, 0.717) is 6.61 Å². The van der Waals surface area contributed by atoms with Crippen molar-refractivity contribution in [3.8, 4) is 5.75 Å². The summed E-state index contributed by atoms with van der Waals surface area (Å²) < 4.78 is 6.82. The third-order valence-electron chi connectivity index (χ3n) is 3.44. The van der Waals surface area contributed by atoms with E-state index in [1.165, 1.54) is 0 Å². The van der Waals surface area contributed by atoms with E-state index in [9.17, 15) is 0 Å². The van der Waals surface area contributed by atoms with Crippen molar-refractivity contribution >= 4 is 27.5 Å². The van der Waals surface area contributed by atoms with Crippen molar-refractivity contribution in [2.24, 2.45) is 0 Å². The van der Waals surface area contributed by atoms with Gasteiger partial charge in [0.25, 0.3) is 0 Å². The van der Waals surface area contributed by atoms with Crippen LogP contribution in [0.3, 0.4) is 0 Å². The molecular formula is C14H20BrClN2O. The highest BCUT2D eigenvalue weighted by molar-refractivity contribution is 9.10. The molecule has 0 bridgehead atoms. The Balaban J connectivity index is 1.83. The molecule has 3 nitrogen and oxygen atoms in total. The Bertz CT molecular complexity index is 410. The minimum atomic E-state index is 0.713. The maximum Gasteiger partial charge on any atom is 0.136 e. The Morgan fingerprint density at radius 2 is 1.95 bits per heavy atom. The molecule has 0 radical (unpaired) electrons. The van der Waals surface area contributed by atoms with E-state index in [2.05, 4.69) is 32.8 Å². The van der Waals surface area contributed by atoms with Crippen LogP contribution in [0.25, 0.3) is 0 Å². The van der Waals surface area contributed by atoms with Crippen LogP contribution in [0.5, 0.6) is 5.75 Å². The average molecular weight is 348 g/mol. The summed E-state index contributed by atoms with van der Waals surface area (Å²) in [6.07, 6.45) is 0. The third-order valence-corrected chi connectivity index (χ3v) is 4.25. The number of benzene rings is 1. The van der Waals surface area contributed by atoms with Crippen molar-refractivity contribution in [3.63, 3.8) is 0 Å². The molecule has 1 aromatic carbocycles. The van der Waals surface area contributed by atoms with Gasteiger partial charge in [0.05, 0.1) is 4.47 Å². The zero-order valence-corrected chi connectivity index (χ0v) is 13.8. The van der Waals surface area contributed by atoms with Gasteiger partial charge in [0.2, 0.25) is 0 Å².